The number of hydrogen-bond acceptors (Lipinski definition) is 5. The Labute approximate surface area is 115 Å². The standard InChI is InChI=1S/C13H15N3O2S/c1-2-10-3-5-11(6-4-10)18-8-7-12(17)15-13-16-14-9-19-13/h3-6,9H,2,7-8H2,1H3,(H,15,16,17). The lowest BCUT2D eigenvalue weighted by Crippen LogP contribution is -2.15. The molecule has 0 aliphatic rings. The SMILES string of the molecule is CCc1ccc(OCCC(=O)Nc2nncs2)cc1. The van der Waals surface area contributed by atoms with Gasteiger partial charge in [-0.2, -0.15) is 0 Å². The van der Waals surface area contributed by atoms with Gasteiger partial charge in [0.25, 0.3) is 0 Å². The van der Waals surface area contributed by atoms with Gasteiger partial charge < -0.3 is 10.1 Å². The maximum Gasteiger partial charge on any atom is 0.229 e. The van der Waals surface area contributed by atoms with E-state index in [4.69, 9.17) is 4.74 Å². The quantitative estimate of drug-likeness (QED) is 0.881. The number of benzene rings is 1. The Bertz CT molecular complexity index is 511. The van der Waals surface area contributed by atoms with Crippen LogP contribution in [0, 0.1) is 0 Å². The number of aryl methyl sites for hydroxylation is 1. The normalized spacial score (nSPS) is 10.2. The first kappa shape index (κ1) is 13.5. The van der Waals surface area contributed by atoms with Gasteiger partial charge in [0.15, 0.2) is 0 Å². The molecule has 0 bridgehead atoms. The van der Waals surface area contributed by atoms with Crippen LogP contribution in [0.15, 0.2) is 29.8 Å². The molecule has 0 unspecified atom stereocenters. The summed E-state index contributed by atoms with van der Waals surface area (Å²) in [4.78, 5) is 11.5. The van der Waals surface area contributed by atoms with Gasteiger partial charge in [0.05, 0.1) is 13.0 Å². The second-order valence-corrected chi connectivity index (χ2v) is 4.72. The van der Waals surface area contributed by atoms with Gasteiger partial charge in [-0.05, 0) is 24.1 Å². The van der Waals surface area contributed by atoms with Crippen molar-refractivity contribution in [1.29, 1.82) is 0 Å². The Morgan fingerprint density at radius 1 is 1.37 bits per heavy atom. The third kappa shape index (κ3) is 4.33. The number of hydrogen-bond donors (Lipinski definition) is 1. The van der Waals surface area contributed by atoms with Gasteiger partial charge in [-0.1, -0.05) is 30.4 Å². The highest BCUT2D eigenvalue weighted by atomic mass is 32.1. The molecule has 0 atom stereocenters. The topological polar surface area (TPSA) is 64.1 Å². The Morgan fingerprint density at radius 3 is 2.79 bits per heavy atom. The average Bonchev–Trinajstić information content (AvgIpc) is 2.92. The summed E-state index contributed by atoms with van der Waals surface area (Å²) >= 11 is 1.29. The highest BCUT2D eigenvalue weighted by Gasteiger charge is 2.05. The zero-order chi connectivity index (χ0) is 13.5. The van der Waals surface area contributed by atoms with Crippen molar-refractivity contribution in [2.45, 2.75) is 19.8 Å². The van der Waals surface area contributed by atoms with Crippen LogP contribution in [0.5, 0.6) is 5.75 Å². The highest BCUT2D eigenvalue weighted by molar-refractivity contribution is 7.13. The van der Waals surface area contributed by atoms with Gasteiger partial charge in [0.1, 0.15) is 11.3 Å². The van der Waals surface area contributed by atoms with Crippen molar-refractivity contribution in [3.63, 3.8) is 0 Å². The monoisotopic (exact) mass is 277 g/mol. The minimum atomic E-state index is -0.123. The first-order chi connectivity index (χ1) is 9.28. The lowest BCUT2D eigenvalue weighted by molar-refractivity contribution is -0.116. The average molecular weight is 277 g/mol. The van der Waals surface area contributed by atoms with Crippen molar-refractivity contribution in [1.82, 2.24) is 10.2 Å². The van der Waals surface area contributed by atoms with E-state index in [9.17, 15) is 4.79 Å². The molecule has 0 aliphatic carbocycles. The lowest BCUT2D eigenvalue weighted by atomic mass is 10.2. The van der Waals surface area contributed by atoms with Crippen LogP contribution in [0.4, 0.5) is 5.13 Å². The molecule has 1 heterocycles. The van der Waals surface area contributed by atoms with Crippen LogP contribution >= 0.6 is 11.3 Å². The Balaban J connectivity index is 1.72. The van der Waals surface area contributed by atoms with Crippen LogP contribution < -0.4 is 10.1 Å². The molecule has 1 N–H and O–H groups in total. The van der Waals surface area contributed by atoms with E-state index in [1.165, 1.54) is 16.9 Å². The molecule has 0 radical (unpaired) electrons. The second kappa shape index (κ2) is 6.84. The largest absolute Gasteiger partial charge is 0.493 e. The van der Waals surface area contributed by atoms with E-state index in [0.717, 1.165) is 12.2 Å². The number of amides is 1. The molecule has 6 heteroatoms. The number of carbonyl (C=O) groups is 1. The number of anilines is 1. The molecule has 5 nitrogen and oxygen atoms in total. The molecular weight excluding hydrogens is 262 g/mol. The molecule has 0 fully saturated rings. The molecule has 100 valence electrons. The summed E-state index contributed by atoms with van der Waals surface area (Å²) in [6.45, 7) is 2.45. The van der Waals surface area contributed by atoms with E-state index in [-0.39, 0.29) is 12.3 Å². The van der Waals surface area contributed by atoms with Crippen molar-refractivity contribution < 1.29 is 9.53 Å². The van der Waals surface area contributed by atoms with Crippen LogP contribution in [0.25, 0.3) is 0 Å². The molecular formula is C13H15N3O2S. The van der Waals surface area contributed by atoms with Gasteiger partial charge in [0.2, 0.25) is 11.0 Å². The van der Waals surface area contributed by atoms with Crippen molar-refractivity contribution in [2.75, 3.05) is 11.9 Å². The zero-order valence-electron chi connectivity index (χ0n) is 10.6. The number of nitrogens with zero attached hydrogens (tertiary/aromatic N) is 2. The predicted octanol–water partition coefficient (Wildman–Crippen LogP) is 2.51. The van der Waals surface area contributed by atoms with Crippen LogP contribution in [0.3, 0.4) is 0 Å². The van der Waals surface area contributed by atoms with E-state index in [1.807, 2.05) is 24.3 Å². The van der Waals surface area contributed by atoms with Gasteiger partial charge in [-0.25, -0.2) is 0 Å². The number of aromatic nitrogens is 2. The molecule has 2 aromatic rings. The fourth-order valence-electron chi connectivity index (χ4n) is 1.49. The van der Waals surface area contributed by atoms with Crippen LogP contribution in [0.2, 0.25) is 0 Å². The fourth-order valence-corrected chi connectivity index (χ4v) is 1.95. The van der Waals surface area contributed by atoms with Crippen molar-refractivity contribution in [3.8, 4) is 5.75 Å². The summed E-state index contributed by atoms with van der Waals surface area (Å²) < 4.78 is 5.50. The highest BCUT2D eigenvalue weighted by Crippen LogP contribution is 2.13. The Hall–Kier alpha value is -1.95. The van der Waals surface area contributed by atoms with E-state index >= 15 is 0 Å². The minimum Gasteiger partial charge on any atom is -0.493 e. The summed E-state index contributed by atoms with van der Waals surface area (Å²) in [7, 11) is 0. The number of ether oxygens (including phenoxy) is 1. The summed E-state index contributed by atoms with van der Waals surface area (Å²) in [6.07, 6.45) is 1.29. The lowest BCUT2D eigenvalue weighted by Gasteiger charge is -2.06. The van der Waals surface area contributed by atoms with Gasteiger partial charge in [0, 0.05) is 0 Å². The molecule has 0 aliphatic heterocycles. The third-order valence-corrected chi connectivity index (χ3v) is 3.14. The summed E-state index contributed by atoms with van der Waals surface area (Å²) in [5, 5.41) is 10.5. The minimum absolute atomic E-state index is 0.123. The van der Waals surface area contributed by atoms with Crippen LogP contribution in [-0.4, -0.2) is 22.7 Å². The maximum atomic E-state index is 11.5. The van der Waals surface area contributed by atoms with Crippen molar-refractivity contribution >= 4 is 22.4 Å². The summed E-state index contributed by atoms with van der Waals surface area (Å²) in [5.41, 5.74) is 2.84. The molecule has 1 aromatic carbocycles. The van der Waals surface area contributed by atoms with Crippen molar-refractivity contribution in [2.24, 2.45) is 0 Å². The van der Waals surface area contributed by atoms with E-state index in [2.05, 4.69) is 22.4 Å². The summed E-state index contributed by atoms with van der Waals surface area (Å²) in [6, 6.07) is 7.89. The van der Waals surface area contributed by atoms with Gasteiger partial charge in [-0.3, -0.25) is 4.79 Å². The summed E-state index contributed by atoms with van der Waals surface area (Å²) in [5.74, 6) is 0.655. The van der Waals surface area contributed by atoms with E-state index in [1.54, 1.807) is 5.51 Å². The maximum absolute atomic E-state index is 11.5. The molecule has 2 rings (SSSR count). The molecule has 0 saturated heterocycles. The fraction of sp³-hybridized carbons (Fsp3) is 0.308. The van der Waals surface area contributed by atoms with E-state index < -0.39 is 0 Å². The molecule has 1 aromatic heterocycles. The first-order valence-corrected chi connectivity index (χ1v) is 6.93. The Kier molecular flexibility index (Phi) is 4.85. The molecule has 0 saturated carbocycles. The van der Waals surface area contributed by atoms with Gasteiger partial charge in [-0.15, -0.1) is 10.2 Å². The second-order valence-electron chi connectivity index (χ2n) is 3.89. The molecule has 19 heavy (non-hydrogen) atoms. The van der Waals surface area contributed by atoms with E-state index in [0.29, 0.717) is 11.7 Å². The number of rotatable bonds is 6. The molecule has 0 spiro atoms. The van der Waals surface area contributed by atoms with Crippen molar-refractivity contribution in [3.05, 3.63) is 35.3 Å². The Morgan fingerprint density at radius 2 is 2.16 bits per heavy atom. The smallest absolute Gasteiger partial charge is 0.229 e. The third-order valence-electron chi connectivity index (χ3n) is 2.54. The predicted molar refractivity (Wildman–Crippen MR) is 74.5 cm³/mol. The first-order valence-electron chi connectivity index (χ1n) is 6.05. The zero-order valence-corrected chi connectivity index (χ0v) is 11.4. The number of nitrogens with one attached hydrogen (secondary N) is 1. The molecule has 1 amide bonds. The van der Waals surface area contributed by atoms with Crippen LogP contribution in [0.1, 0.15) is 18.9 Å². The van der Waals surface area contributed by atoms with Gasteiger partial charge >= 0.3 is 0 Å². The van der Waals surface area contributed by atoms with Crippen LogP contribution in [-0.2, 0) is 11.2 Å². The number of carbonyl (C=O) groups excluding carboxylic acids is 1.